The van der Waals surface area contributed by atoms with E-state index in [2.05, 4.69) is 83.0 Å². The van der Waals surface area contributed by atoms with Crippen LogP contribution in [0.1, 0.15) is 0 Å². The summed E-state index contributed by atoms with van der Waals surface area (Å²) in [5.41, 5.74) is 3.23. The predicted octanol–water partition coefficient (Wildman–Crippen LogP) is 5.18. The minimum atomic E-state index is -1.54. The quantitative estimate of drug-likeness (QED) is 0.460. The summed E-state index contributed by atoms with van der Waals surface area (Å²) in [6.07, 6.45) is 0. The highest BCUT2D eigenvalue weighted by Crippen LogP contribution is 2.29. The van der Waals surface area contributed by atoms with E-state index in [0.717, 1.165) is 15.6 Å². The van der Waals surface area contributed by atoms with Gasteiger partial charge in [0.25, 0.3) is 0 Å². The number of nitrogens with one attached hydrogen (secondary N) is 1. The van der Waals surface area contributed by atoms with Gasteiger partial charge < -0.3 is 4.98 Å². The summed E-state index contributed by atoms with van der Waals surface area (Å²) in [7, 11) is -1.54. The lowest BCUT2D eigenvalue weighted by molar-refractivity contribution is 1.40. The van der Waals surface area contributed by atoms with Crippen molar-refractivity contribution in [1.82, 2.24) is 9.97 Å². The number of fused-ring (bicyclic) bond motifs is 4. The molecule has 0 unspecified atom stereocenters. The number of H-pyrrole nitrogens is 1. The van der Waals surface area contributed by atoms with E-state index in [4.69, 9.17) is 4.98 Å². The van der Waals surface area contributed by atoms with E-state index in [0.29, 0.717) is 0 Å². The Kier molecular flexibility index (Phi) is 2.97. The predicted molar refractivity (Wildman–Crippen MR) is 102 cm³/mol. The first-order valence-electron chi connectivity index (χ1n) is 7.45. The maximum Gasteiger partial charge on any atom is 0.138 e. The number of hydrogen-bond donors (Lipinski definition) is 1. The van der Waals surface area contributed by atoms with Gasteiger partial charge in [0, 0.05) is 26.1 Å². The summed E-state index contributed by atoms with van der Waals surface area (Å²) in [5, 5.41) is 5.38. The average Bonchev–Trinajstić information content (AvgIpc) is 2.81. The van der Waals surface area contributed by atoms with Gasteiger partial charge in [-0.25, -0.2) is 4.98 Å². The molecule has 4 rings (SSSR count). The molecule has 0 spiro atoms. The second kappa shape index (κ2) is 4.67. The van der Waals surface area contributed by atoms with Crippen molar-refractivity contribution in [2.45, 2.75) is 19.6 Å². The Morgan fingerprint density at radius 3 is 2.55 bits per heavy atom. The van der Waals surface area contributed by atoms with Gasteiger partial charge in [0.1, 0.15) is 5.65 Å². The third-order valence-electron chi connectivity index (χ3n) is 4.15. The van der Waals surface area contributed by atoms with E-state index in [1.54, 1.807) is 0 Å². The molecule has 0 aliphatic heterocycles. The molecule has 2 aromatic heterocycles. The van der Waals surface area contributed by atoms with Gasteiger partial charge in [-0.2, -0.15) is 0 Å². The Labute approximate surface area is 138 Å². The fraction of sp³-hybridized carbons (Fsp3) is 0.167. The van der Waals surface area contributed by atoms with Crippen LogP contribution in [-0.2, 0) is 0 Å². The number of benzene rings is 2. The Hall–Kier alpha value is -1.65. The van der Waals surface area contributed by atoms with Crippen LogP contribution < -0.4 is 5.19 Å². The van der Waals surface area contributed by atoms with Crippen LogP contribution in [0.25, 0.3) is 32.8 Å². The summed E-state index contributed by atoms with van der Waals surface area (Å²) < 4.78 is 1.07. The second-order valence-electron chi connectivity index (χ2n) is 6.79. The zero-order chi connectivity index (χ0) is 15.5. The smallest absolute Gasteiger partial charge is 0.138 e. The molecule has 0 aliphatic rings. The molecule has 2 aromatic carbocycles. The fourth-order valence-electron chi connectivity index (χ4n) is 3.31. The normalized spacial score (nSPS) is 12.5. The molecule has 0 bridgehead atoms. The molecule has 0 saturated heterocycles. The summed E-state index contributed by atoms with van der Waals surface area (Å²) >= 11 is 3.57. The van der Waals surface area contributed by atoms with Crippen LogP contribution in [-0.4, -0.2) is 18.0 Å². The minimum Gasteiger partial charge on any atom is -0.339 e. The molecule has 0 atom stereocenters. The minimum absolute atomic E-state index is 1.00. The number of aromatic amines is 1. The molecule has 0 saturated carbocycles. The van der Waals surface area contributed by atoms with Crippen molar-refractivity contribution in [3.05, 3.63) is 46.9 Å². The molecule has 110 valence electrons. The fourth-order valence-corrected chi connectivity index (χ4v) is 5.68. The molecule has 4 heteroatoms. The number of aromatic nitrogens is 2. The van der Waals surface area contributed by atoms with Crippen LogP contribution >= 0.6 is 15.9 Å². The first kappa shape index (κ1) is 14.0. The largest absolute Gasteiger partial charge is 0.339 e. The molecule has 0 amide bonds. The van der Waals surface area contributed by atoms with Gasteiger partial charge in [0.15, 0.2) is 0 Å². The van der Waals surface area contributed by atoms with Crippen molar-refractivity contribution in [2.75, 3.05) is 0 Å². The average molecular weight is 369 g/mol. The summed E-state index contributed by atoms with van der Waals surface area (Å²) in [6, 6.07) is 15.0. The summed E-state index contributed by atoms with van der Waals surface area (Å²) in [6.45, 7) is 7.22. The van der Waals surface area contributed by atoms with Crippen LogP contribution in [0.4, 0.5) is 0 Å². The first-order chi connectivity index (χ1) is 10.4. The van der Waals surface area contributed by atoms with Crippen LogP contribution in [0.2, 0.25) is 19.6 Å². The molecule has 2 nitrogen and oxygen atoms in total. The van der Waals surface area contributed by atoms with E-state index < -0.39 is 8.07 Å². The Morgan fingerprint density at radius 1 is 1.00 bits per heavy atom. The lowest BCUT2D eigenvalue weighted by atomic mass is 10.1. The van der Waals surface area contributed by atoms with Gasteiger partial charge in [-0.15, -0.1) is 0 Å². The van der Waals surface area contributed by atoms with E-state index >= 15 is 0 Å². The van der Waals surface area contributed by atoms with Crippen LogP contribution in [0.15, 0.2) is 46.9 Å². The highest BCUT2D eigenvalue weighted by atomic mass is 79.9. The third-order valence-corrected chi connectivity index (χ3v) is 6.66. The maximum absolute atomic E-state index is 4.89. The van der Waals surface area contributed by atoms with Gasteiger partial charge in [-0.3, -0.25) is 0 Å². The molecule has 4 aromatic rings. The highest BCUT2D eigenvalue weighted by Gasteiger charge is 2.25. The zero-order valence-electron chi connectivity index (χ0n) is 12.9. The number of rotatable bonds is 1. The maximum atomic E-state index is 4.89. The van der Waals surface area contributed by atoms with Crippen molar-refractivity contribution in [3.63, 3.8) is 0 Å². The van der Waals surface area contributed by atoms with Gasteiger partial charge >= 0.3 is 0 Å². The molecule has 0 fully saturated rings. The highest BCUT2D eigenvalue weighted by molar-refractivity contribution is 9.10. The van der Waals surface area contributed by atoms with Crippen molar-refractivity contribution in [1.29, 1.82) is 0 Å². The van der Waals surface area contributed by atoms with Crippen molar-refractivity contribution < 1.29 is 0 Å². The van der Waals surface area contributed by atoms with E-state index in [1.807, 2.05) is 0 Å². The topological polar surface area (TPSA) is 28.7 Å². The van der Waals surface area contributed by atoms with Crippen LogP contribution in [0.5, 0.6) is 0 Å². The number of para-hydroxylation sites is 1. The Morgan fingerprint density at radius 2 is 1.77 bits per heavy atom. The summed E-state index contributed by atoms with van der Waals surface area (Å²) in [4.78, 5) is 8.38. The van der Waals surface area contributed by atoms with Gasteiger partial charge in [0.05, 0.1) is 13.6 Å². The molecule has 2 heterocycles. The van der Waals surface area contributed by atoms with Gasteiger partial charge in [-0.1, -0.05) is 59.8 Å². The lowest BCUT2D eigenvalue weighted by Crippen LogP contribution is -2.38. The van der Waals surface area contributed by atoms with Crippen molar-refractivity contribution in [2.24, 2.45) is 0 Å². The lowest BCUT2D eigenvalue weighted by Gasteiger charge is -2.21. The number of halogens is 1. The molecular weight excluding hydrogens is 352 g/mol. The molecule has 0 radical (unpaired) electrons. The van der Waals surface area contributed by atoms with Crippen molar-refractivity contribution >= 4 is 62.0 Å². The Balaban J connectivity index is 2.32. The monoisotopic (exact) mass is 368 g/mol. The van der Waals surface area contributed by atoms with E-state index in [9.17, 15) is 0 Å². The molecule has 22 heavy (non-hydrogen) atoms. The molecule has 1 N–H and O–H groups in total. The van der Waals surface area contributed by atoms with Gasteiger partial charge in [-0.05, 0) is 23.4 Å². The number of hydrogen-bond acceptors (Lipinski definition) is 1. The zero-order valence-corrected chi connectivity index (χ0v) is 15.5. The first-order valence-corrected chi connectivity index (χ1v) is 11.7. The van der Waals surface area contributed by atoms with Gasteiger partial charge in [0.2, 0.25) is 0 Å². The van der Waals surface area contributed by atoms with Crippen LogP contribution in [0.3, 0.4) is 0 Å². The van der Waals surface area contributed by atoms with Crippen LogP contribution in [0, 0.1) is 0 Å². The molecular formula is C18H17BrN2Si. The third kappa shape index (κ3) is 2.01. The summed E-state index contributed by atoms with van der Waals surface area (Å²) in [5.74, 6) is 0. The standard InChI is InChI=1S/C18H17BrN2Si/c1-22(2,3)17-13-9-8-11(19)10-15(13)21-18-16(17)12-6-4-5-7-14(12)20-18/h4-10H,1-3H3,(H,20,21). The van der Waals surface area contributed by atoms with Crippen molar-refractivity contribution in [3.8, 4) is 0 Å². The molecule has 0 aliphatic carbocycles. The van der Waals surface area contributed by atoms with E-state index in [-0.39, 0.29) is 0 Å². The second-order valence-corrected chi connectivity index (χ2v) is 12.7. The number of pyridine rings is 1. The van der Waals surface area contributed by atoms with E-state index in [1.165, 1.54) is 26.9 Å². The number of nitrogens with zero attached hydrogens (tertiary/aromatic N) is 1. The SMILES string of the molecule is C[Si](C)(C)c1c2ccc(Br)cc2nc2[nH]c3ccccc3c12. The Bertz CT molecular complexity index is 1030.